The van der Waals surface area contributed by atoms with Crippen molar-refractivity contribution in [3.8, 4) is 0 Å². The standard InChI is InChI=1S/C17H22BrNO4/c1-2-13(8-12-4-3-5-14(18)9-12)17(22)19-6-7-23-15(11-19)10-16(20)21/h3-5,9,13,15H,2,6-8,10-11H2,1H3,(H,20,21)/t13-,15+/m0/s1. The zero-order valence-electron chi connectivity index (χ0n) is 13.2. The second-order valence-electron chi connectivity index (χ2n) is 5.81. The number of hydrogen-bond acceptors (Lipinski definition) is 3. The van der Waals surface area contributed by atoms with Crippen LogP contribution in [-0.4, -0.2) is 47.7 Å². The minimum absolute atomic E-state index is 0.0633. The Kier molecular flexibility index (Phi) is 6.59. The third kappa shape index (κ3) is 5.32. The molecule has 0 aromatic heterocycles. The molecular formula is C17H22BrNO4. The Balaban J connectivity index is 1.99. The maximum atomic E-state index is 12.8. The summed E-state index contributed by atoms with van der Waals surface area (Å²) >= 11 is 3.45. The van der Waals surface area contributed by atoms with Gasteiger partial charge in [0.05, 0.1) is 19.1 Å². The third-order valence-electron chi connectivity index (χ3n) is 4.07. The molecule has 23 heavy (non-hydrogen) atoms. The molecule has 0 aliphatic carbocycles. The Hall–Kier alpha value is -1.40. The van der Waals surface area contributed by atoms with Crippen LogP contribution in [0.1, 0.15) is 25.3 Å². The highest BCUT2D eigenvalue weighted by molar-refractivity contribution is 9.10. The van der Waals surface area contributed by atoms with Gasteiger partial charge < -0.3 is 14.7 Å². The maximum absolute atomic E-state index is 12.8. The largest absolute Gasteiger partial charge is 0.481 e. The van der Waals surface area contributed by atoms with E-state index in [1.165, 1.54) is 0 Å². The van der Waals surface area contributed by atoms with Gasteiger partial charge in [0.2, 0.25) is 5.91 Å². The molecular weight excluding hydrogens is 362 g/mol. The third-order valence-corrected chi connectivity index (χ3v) is 4.56. The number of carbonyl (C=O) groups excluding carboxylic acids is 1. The van der Waals surface area contributed by atoms with Crippen molar-refractivity contribution in [3.63, 3.8) is 0 Å². The molecule has 0 spiro atoms. The molecule has 1 saturated heterocycles. The summed E-state index contributed by atoms with van der Waals surface area (Å²) in [5.41, 5.74) is 1.12. The highest BCUT2D eigenvalue weighted by Gasteiger charge is 2.29. The molecule has 2 atom stereocenters. The van der Waals surface area contributed by atoms with Crippen molar-refractivity contribution in [1.82, 2.24) is 4.90 Å². The lowest BCUT2D eigenvalue weighted by Crippen LogP contribution is -2.48. The van der Waals surface area contributed by atoms with Crippen LogP contribution >= 0.6 is 15.9 Å². The summed E-state index contributed by atoms with van der Waals surface area (Å²) in [6, 6.07) is 7.98. The van der Waals surface area contributed by atoms with Crippen molar-refractivity contribution in [2.24, 2.45) is 5.92 Å². The number of carbonyl (C=O) groups is 2. The fraction of sp³-hybridized carbons (Fsp3) is 0.529. The lowest BCUT2D eigenvalue weighted by Gasteiger charge is -2.34. The number of benzene rings is 1. The number of halogens is 1. The van der Waals surface area contributed by atoms with Crippen LogP contribution in [0.25, 0.3) is 0 Å². The van der Waals surface area contributed by atoms with Gasteiger partial charge in [-0.1, -0.05) is 35.0 Å². The molecule has 0 saturated carbocycles. The molecule has 1 N–H and O–H groups in total. The molecule has 126 valence electrons. The summed E-state index contributed by atoms with van der Waals surface area (Å²) in [5, 5.41) is 8.88. The fourth-order valence-corrected chi connectivity index (χ4v) is 3.30. The summed E-state index contributed by atoms with van der Waals surface area (Å²) in [6.45, 7) is 3.30. The van der Waals surface area contributed by atoms with Crippen LogP contribution in [0.4, 0.5) is 0 Å². The first-order valence-electron chi connectivity index (χ1n) is 7.86. The molecule has 1 aliphatic rings. The zero-order chi connectivity index (χ0) is 16.8. The van der Waals surface area contributed by atoms with Gasteiger partial charge in [-0.3, -0.25) is 9.59 Å². The van der Waals surface area contributed by atoms with Crippen molar-refractivity contribution in [2.45, 2.75) is 32.3 Å². The molecule has 1 fully saturated rings. The van der Waals surface area contributed by atoms with Crippen LogP contribution in [0.2, 0.25) is 0 Å². The number of morpholine rings is 1. The Morgan fingerprint density at radius 2 is 2.26 bits per heavy atom. The van der Waals surface area contributed by atoms with E-state index in [0.29, 0.717) is 26.1 Å². The van der Waals surface area contributed by atoms with Gasteiger partial charge >= 0.3 is 5.97 Å². The Morgan fingerprint density at radius 3 is 2.91 bits per heavy atom. The highest BCUT2D eigenvalue weighted by Crippen LogP contribution is 2.20. The Labute approximate surface area is 144 Å². The molecule has 2 rings (SSSR count). The molecule has 0 unspecified atom stereocenters. The number of amides is 1. The monoisotopic (exact) mass is 383 g/mol. The number of nitrogens with zero attached hydrogens (tertiary/aromatic N) is 1. The van der Waals surface area contributed by atoms with Gasteiger partial charge in [0, 0.05) is 23.5 Å². The molecule has 5 nitrogen and oxygen atoms in total. The van der Waals surface area contributed by atoms with Crippen LogP contribution < -0.4 is 0 Å². The SMILES string of the molecule is CC[C@@H](Cc1cccc(Br)c1)C(=O)N1CCO[C@H](CC(=O)O)C1. The number of hydrogen-bond donors (Lipinski definition) is 1. The minimum Gasteiger partial charge on any atom is -0.481 e. The maximum Gasteiger partial charge on any atom is 0.306 e. The number of carboxylic acids is 1. The van der Waals surface area contributed by atoms with Crippen LogP contribution in [0.3, 0.4) is 0 Å². The van der Waals surface area contributed by atoms with E-state index in [4.69, 9.17) is 9.84 Å². The Bertz CT molecular complexity index is 563. The van der Waals surface area contributed by atoms with Gasteiger partial charge in [0.1, 0.15) is 0 Å². The van der Waals surface area contributed by atoms with Crippen LogP contribution in [-0.2, 0) is 20.7 Å². The van der Waals surface area contributed by atoms with E-state index in [-0.39, 0.29) is 18.2 Å². The van der Waals surface area contributed by atoms with E-state index in [9.17, 15) is 9.59 Å². The molecule has 6 heteroatoms. The summed E-state index contributed by atoms with van der Waals surface area (Å²) in [5.74, 6) is -0.899. The lowest BCUT2D eigenvalue weighted by molar-refractivity contribution is -0.149. The predicted octanol–water partition coefficient (Wildman–Crippen LogP) is 2.72. The van der Waals surface area contributed by atoms with Crippen LogP contribution in [0.15, 0.2) is 28.7 Å². The van der Waals surface area contributed by atoms with E-state index >= 15 is 0 Å². The molecule has 0 radical (unpaired) electrons. The molecule has 1 aromatic rings. The lowest BCUT2D eigenvalue weighted by atomic mass is 9.95. The average molecular weight is 384 g/mol. The number of ether oxygens (including phenoxy) is 1. The van der Waals surface area contributed by atoms with Gasteiger partial charge in [-0.25, -0.2) is 0 Å². The van der Waals surface area contributed by atoms with Crippen molar-refractivity contribution in [3.05, 3.63) is 34.3 Å². The number of aliphatic carboxylic acids is 1. The topological polar surface area (TPSA) is 66.8 Å². The van der Waals surface area contributed by atoms with Crippen LogP contribution in [0.5, 0.6) is 0 Å². The number of carboxylic acid groups (broad SMARTS) is 1. The summed E-state index contributed by atoms with van der Waals surface area (Å²) in [4.78, 5) is 25.3. The summed E-state index contributed by atoms with van der Waals surface area (Å²) in [6.07, 6.45) is 0.974. The predicted molar refractivity (Wildman–Crippen MR) is 90.2 cm³/mol. The molecule has 1 heterocycles. The molecule has 1 aliphatic heterocycles. The zero-order valence-corrected chi connectivity index (χ0v) is 14.8. The fourth-order valence-electron chi connectivity index (χ4n) is 2.85. The van der Waals surface area contributed by atoms with Gasteiger partial charge in [-0.15, -0.1) is 0 Å². The van der Waals surface area contributed by atoms with E-state index in [1.807, 2.05) is 31.2 Å². The first kappa shape index (κ1) is 17.9. The Morgan fingerprint density at radius 1 is 1.48 bits per heavy atom. The van der Waals surface area contributed by atoms with Crippen molar-refractivity contribution in [2.75, 3.05) is 19.7 Å². The van der Waals surface area contributed by atoms with Gasteiger partial charge in [0.15, 0.2) is 0 Å². The van der Waals surface area contributed by atoms with E-state index in [2.05, 4.69) is 15.9 Å². The van der Waals surface area contributed by atoms with Crippen molar-refractivity contribution >= 4 is 27.8 Å². The normalized spacial score (nSPS) is 19.4. The van der Waals surface area contributed by atoms with E-state index in [0.717, 1.165) is 16.5 Å². The van der Waals surface area contributed by atoms with Crippen LogP contribution in [0, 0.1) is 5.92 Å². The van der Waals surface area contributed by atoms with Crippen molar-refractivity contribution < 1.29 is 19.4 Å². The smallest absolute Gasteiger partial charge is 0.306 e. The van der Waals surface area contributed by atoms with Gasteiger partial charge in [-0.05, 0) is 30.5 Å². The molecule has 1 amide bonds. The molecule has 1 aromatic carbocycles. The van der Waals surface area contributed by atoms with E-state index < -0.39 is 12.1 Å². The van der Waals surface area contributed by atoms with Gasteiger partial charge in [0.25, 0.3) is 0 Å². The first-order chi connectivity index (χ1) is 11.0. The summed E-state index contributed by atoms with van der Waals surface area (Å²) in [7, 11) is 0. The average Bonchev–Trinajstić information content (AvgIpc) is 2.51. The highest BCUT2D eigenvalue weighted by atomic mass is 79.9. The van der Waals surface area contributed by atoms with Crippen molar-refractivity contribution in [1.29, 1.82) is 0 Å². The molecule has 0 bridgehead atoms. The quantitative estimate of drug-likeness (QED) is 0.819. The number of rotatable bonds is 6. The minimum atomic E-state index is -0.898. The van der Waals surface area contributed by atoms with Gasteiger partial charge in [-0.2, -0.15) is 0 Å². The second-order valence-corrected chi connectivity index (χ2v) is 6.73. The second kappa shape index (κ2) is 8.45. The first-order valence-corrected chi connectivity index (χ1v) is 8.65. The summed E-state index contributed by atoms with van der Waals surface area (Å²) < 4.78 is 6.44. The van der Waals surface area contributed by atoms with E-state index in [1.54, 1.807) is 4.90 Å².